The van der Waals surface area contributed by atoms with Gasteiger partial charge in [0.1, 0.15) is 0 Å². The van der Waals surface area contributed by atoms with Crippen LogP contribution in [0.5, 0.6) is 0 Å². The van der Waals surface area contributed by atoms with E-state index in [4.69, 9.17) is 10.3 Å². The van der Waals surface area contributed by atoms with Crippen molar-refractivity contribution in [1.29, 1.82) is 0 Å². The van der Waals surface area contributed by atoms with E-state index >= 15 is 0 Å². The van der Waals surface area contributed by atoms with Crippen molar-refractivity contribution in [2.24, 2.45) is 5.92 Å². The first-order chi connectivity index (χ1) is 10.1. The highest BCUT2D eigenvalue weighted by atomic mass is 16.5. The van der Waals surface area contributed by atoms with E-state index in [9.17, 15) is 0 Å². The molecule has 3 rings (SSSR count). The number of nitrogen functional groups attached to an aromatic ring is 1. The Bertz CT molecular complexity index is 620. The average Bonchev–Trinajstić information content (AvgIpc) is 2.86. The van der Waals surface area contributed by atoms with Gasteiger partial charge in [-0.1, -0.05) is 31.1 Å². The Hall–Kier alpha value is -1.88. The van der Waals surface area contributed by atoms with Crippen LogP contribution in [0, 0.1) is 5.92 Å². The lowest BCUT2D eigenvalue weighted by Gasteiger charge is -2.28. The van der Waals surface area contributed by atoms with Crippen LogP contribution in [0.2, 0.25) is 0 Å². The van der Waals surface area contributed by atoms with Crippen LogP contribution >= 0.6 is 0 Å². The molecule has 5 heteroatoms. The molecule has 0 atom stereocenters. The molecule has 1 aromatic heterocycles. The summed E-state index contributed by atoms with van der Waals surface area (Å²) in [5.74, 6) is 2.03. The fraction of sp³-hybridized carbons (Fsp3) is 0.500. The summed E-state index contributed by atoms with van der Waals surface area (Å²) in [7, 11) is 0. The van der Waals surface area contributed by atoms with Crippen molar-refractivity contribution in [3.8, 4) is 0 Å². The monoisotopic (exact) mass is 286 g/mol. The molecule has 0 saturated carbocycles. The normalized spacial score (nSPS) is 15.4. The predicted octanol–water partition coefficient (Wildman–Crippen LogP) is 2.41. The first kappa shape index (κ1) is 14.1. The number of fused-ring (bicyclic) bond motifs is 1. The van der Waals surface area contributed by atoms with Gasteiger partial charge in [-0.05, 0) is 29.5 Å². The molecule has 0 radical (unpaired) electrons. The van der Waals surface area contributed by atoms with Crippen molar-refractivity contribution in [2.45, 2.75) is 39.8 Å². The molecule has 0 unspecified atom stereocenters. The molecule has 2 N–H and O–H groups in total. The summed E-state index contributed by atoms with van der Waals surface area (Å²) in [6.07, 6.45) is 1.86. The Balaban J connectivity index is 1.67. The summed E-state index contributed by atoms with van der Waals surface area (Å²) in [6, 6.07) is 6.16. The summed E-state index contributed by atoms with van der Waals surface area (Å²) in [4.78, 5) is 6.79. The number of nitrogens with zero attached hydrogens (tertiary/aromatic N) is 3. The van der Waals surface area contributed by atoms with Crippen molar-refractivity contribution in [2.75, 3.05) is 12.3 Å². The van der Waals surface area contributed by atoms with E-state index < -0.39 is 0 Å². The van der Waals surface area contributed by atoms with Crippen molar-refractivity contribution >= 4 is 5.69 Å². The van der Waals surface area contributed by atoms with Gasteiger partial charge in [-0.25, -0.2) is 0 Å². The Labute approximate surface area is 125 Å². The lowest BCUT2D eigenvalue weighted by molar-refractivity contribution is 0.236. The molecule has 0 bridgehead atoms. The van der Waals surface area contributed by atoms with Crippen molar-refractivity contribution in [1.82, 2.24) is 15.0 Å². The molecule has 1 aliphatic heterocycles. The van der Waals surface area contributed by atoms with Crippen LogP contribution in [0.25, 0.3) is 0 Å². The molecular weight excluding hydrogens is 264 g/mol. The fourth-order valence-corrected chi connectivity index (χ4v) is 2.78. The third-order valence-electron chi connectivity index (χ3n) is 3.85. The summed E-state index contributed by atoms with van der Waals surface area (Å²) in [6.45, 7) is 6.87. The van der Waals surface area contributed by atoms with Gasteiger partial charge in [0.2, 0.25) is 5.89 Å². The lowest BCUT2D eigenvalue weighted by Crippen LogP contribution is -2.31. The van der Waals surface area contributed by atoms with Crippen LogP contribution in [0.3, 0.4) is 0 Å². The first-order valence-corrected chi connectivity index (χ1v) is 7.52. The quantitative estimate of drug-likeness (QED) is 0.874. The van der Waals surface area contributed by atoms with Crippen LogP contribution in [-0.4, -0.2) is 21.6 Å². The molecule has 0 aliphatic carbocycles. The molecule has 112 valence electrons. The standard InChI is InChI=1S/C16H22N4O/c1-11(2)8-16-18-15(19-21-16)10-20-7-6-12-4-3-5-14(17)13(12)9-20/h3-5,11H,6-10,17H2,1-2H3. The number of benzene rings is 1. The topological polar surface area (TPSA) is 68.2 Å². The lowest BCUT2D eigenvalue weighted by atomic mass is 9.98. The van der Waals surface area contributed by atoms with Crippen LogP contribution < -0.4 is 5.73 Å². The Morgan fingerprint density at radius 1 is 1.38 bits per heavy atom. The van der Waals surface area contributed by atoms with E-state index in [0.717, 1.165) is 49.9 Å². The smallest absolute Gasteiger partial charge is 0.226 e. The van der Waals surface area contributed by atoms with Crippen LogP contribution in [0.1, 0.15) is 36.7 Å². The third kappa shape index (κ3) is 3.24. The molecule has 0 spiro atoms. The molecule has 0 amide bonds. The molecule has 1 aliphatic rings. The summed E-state index contributed by atoms with van der Waals surface area (Å²) in [5, 5.41) is 4.08. The van der Waals surface area contributed by atoms with E-state index in [2.05, 4.69) is 35.0 Å². The maximum atomic E-state index is 6.08. The maximum absolute atomic E-state index is 6.08. The number of rotatable bonds is 4. The second-order valence-electron chi connectivity index (χ2n) is 6.15. The van der Waals surface area contributed by atoms with Crippen LogP contribution in [-0.2, 0) is 25.9 Å². The summed E-state index contributed by atoms with van der Waals surface area (Å²) >= 11 is 0. The number of hydrogen-bond acceptors (Lipinski definition) is 5. The highest BCUT2D eigenvalue weighted by Gasteiger charge is 2.20. The zero-order chi connectivity index (χ0) is 14.8. The third-order valence-corrected chi connectivity index (χ3v) is 3.85. The molecule has 0 saturated heterocycles. The maximum Gasteiger partial charge on any atom is 0.226 e. The number of nitrogens with two attached hydrogens (primary N) is 1. The number of anilines is 1. The van der Waals surface area contributed by atoms with Crippen molar-refractivity contribution < 1.29 is 4.52 Å². The summed E-state index contributed by atoms with van der Waals surface area (Å²) in [5.41, 5.74) is 9.57. The van der Waals surface area contributed by atoms with Gasteiger partial charge in [-0.3, -0.25) is 4.90 Å². The molecule has 21 heavy (non-hydrogen) atoms. The largest absolute Gasteiger partial charge is 0.398 e. The minimum Gasteiger partial charge on any atom is -0.398 e. The van der Waals surface area contributed by atoms with Crippen molar-refractivity contribution in [3.05, 3.63) is 41.0 Å². The van der Waals surface area contributed by atoms with E-state index in [1.165, 1.54) is 11.1 Å². The van der Waals surface area contributed by atoms with E-state index in [1.807, 2.05) is 12.1 Å². The second-order valence-corrected chi connectivity index (χ2v) is 6.15. The molecule has 0 fully saturated rings. The van der Waals surface area contributed by atoms with E-state index in [-0.39, 0.29) is 0 Å². The summed E-state index contributed by atoms with van der Waals surface area (Å²) < 4.78 is 5.30. The number of aromatic nitrogens is 2. The van der Waals surface area contributed by atoms with E-state index in [0.29, 0.717) is 5.92 Å². The Morgan fingerprint density at radius 3 is 3.05 bits per heavy atom. The highest BCUT2D eigenvalue weighted by molar-refractivity contribution is 5.51. The van der Waals surface area contributed by atoms with E-state index in [1.54, 1.807) is 0 Å². The second kappa shape index (κ2) is 5.85. The van der Waals surface area contributed by atoms with Crippen molar-refractivity contribution in [3.63, 3.8) is 0 Å². The molecule has 2 heterocycles. The molecular formula is C16H22N4O. The Morgan fingerprint density at radius 2 is 2.24 bits per heavy atom. The zero-order valence-corrected chi connectivity index (χ0v) is 12.7. The van der Waals surface area contributed by atoms with Gasteiger partial charge < -0.3 is 10.3 Å². The first-order valence-electron chi connectivity index (χ1n) is 7.52. The SMILES string of the molecule is CC(C)Cc1nc(CN2CCc3cccc(N)c3C2)no1. The minimum absolute atomic E-state index is 0.528. The van der Waals surface area contributed by atoms with Crippen LogP contribution in [0.4, 0.5) is 5.69 Å². The number of hydrogen-bond donors (Lipinski definition) is 1. The van der Waals surface area contributed by atoms with Gasteiger partial charge in [-0.2, -0.15) is 4.98 Å². The Kier molecular flexibility index (Phi) is 3.92. The average molecular weight is 286 g/mol. The molecule has 1 aromatic carbocycles. The van der Waals surface area contributed by atoms with Gasteiger partial charge in [0.15, 0.2) is 5.82 Å². The van der Waals surface area contributed by atoms with Gasteiger partial charge in [0, 0.05) is 25.2 Å². The minimum atomic E-state index is 0.528. The van der Waals surface area contributed by atoms with Gasteiger partial charge >= 0.3 is 0 Å². The fourth-order valence-electron chi connectivity index (χ4n) is 2.78. The van der Waals surface area contributed by atoms with Gasteiger partial charge in [0.25, 0.3) is 0 Å². The van der Waals surface area contributed by atoms with Gasteiger partial charge in [-0.15, -0.1) is 0 Å². The highest BCUT2D eigenvalue weighted by Crippen LogP contribution is 2.24. The molecule has 2 aromatic rings. The van der Waals surface area contributed by atoms with Crippen LogP contribution in [0.15, 0.2) is 22.7 Å². The predicted molar refractivity (Wildman–Crippen MR) is 81.5 cm³/mol. The zero-order valence-electron chi connectivity index (χ0n) is 12.7. The van der Waals surface area contributed by atoms with Gasteiger partial charge in [0.05, 0.1) is 6.54 Å². The molecule has 5 nitrogen and oxygen atoms in total.